The standard InChI is InChI=1S/C22H26FN5O2/c1-14(2)20-18-12-24-28(17-10-8-15(23)9-11-17)21(18)22(30)27(26-20)13-19(29)25-16-6-4-3-5-7-16/h8-12,14,16H,3-7,13H2,1-2H3,(H,25,29). The van der Waals surface area contributed by atoms with Crippen molar-refractivity contribution < 1.29 is 9.18 Å². The van der Waals surface area contributed by atoms with E-state index in [1.165, 1.54) is 27.9 Å². The third kappa shape index (κ3) is 3.99. The Labute approximate surface area is 173 Å². The number of aromatic nitrogens is 4. The van der Waals surface area contributed by atoms with Gasteiger partial charge in [-0.1, -0.05) is 33.1 Å². The normalized spacial score (nSPS) is 15.1. The van der Waals surface area contributed by atoms with E-state index < -0.39 is 5.56 Å². The highest BCUT2D eigenvalue weighted by Crippen LogP contribution is 2.23. The summed E-state index contributed by atoms with van der Waals surface area (Å²) >= 11 is 0. The zero-order valence-corrected chi connectivity index (χ0v) is 17.3. The van der Waals surface area contributed by atoms with Crippen molar-refractivity contribution in [3.05, 3.63) is 52.3 Å². The fourth-order valence-electron chi connectivity index (χ4n) is 4.06. The molecular formula is C22H26FN5O2. The van der Waals surface area contributed by atoms with Crippen LogP contribution >= 0.6 is 0 Å². The van der Waals surface area contributed by atoms with Crippen LogP contribution in [0, 0.1) is 5.82 Å². The van der Waals surface area contributed by atoms with Crippen molar-refractivity contribution >= 4 is 16.8 Å². The summed E-state index contributed by atoms with van der Waals surface area (Å²) in [5.41, 5.74) is 1.21. The van der Waals surface area contributed by atoms with Gasteiger partial charge in [0.2, 0.25) is 5.91 Å². The van der Waals surface area contributed by atoms with Crippen LogP contribution in [0.5, 0.6) is 0 Å². The van der Waals surface area contributed by atoms with Crippen molar-refractivity contribution in [3.8, 4) is 5.69 Å². The molecule has 1 aromatic carbocycles. The molecule has 2 aromatic heterocycles. The molecule has 8 heteroatoms. The first-order valence-corrected chi connectivity index (χ1v) is 10.5. The molecule has 30 heavy (non-hydrogen) atoms. The average Bonchev–Trinajstić information content (AvgIpc) is 3.16. The highest BCUT2D eigenvalue weighted by Gasteiger charge is 2.21. The Kier molecular flexibility index (Phi) is 5.65. The van der Waals surface area contributed by atoms with Gasteiger partial charge in [0.15, 0.2) is 0 Å². The molecule has 0 saturated heterocycles. The Morgan fingerprint density at radius 3 is 2.57 bits per heavy atom. The molecule has 7 nitrogen and oxygen atoms in total. The maximum absolute atomic E-state index is 13.3. The fraction of sp³-hybridized carbons (Fsp3) is 0.455. The lowest BCUT2D eigenvalue weighted by atomic mass is 9.95. The summed E-state index contributed by atoms with van der Waals surface area (Å²) in [6.07, 6.45) is 6.99. The number of amides is 1. The number of hydrogen-bond donors (Lipinski definition) is 1. The van der Waals surface area contributed by atoms with Crippen molar-refractivity contribution in [2.45, 2.75) is 64.5 Å². The minimum atomic E-state index is -0.394. The van der Waals surface area contributed by atoms with Crippen LogP contribution < -0.4 is 10.9 Å². The van der Waals surface area contributed by atoms with Crippen LogP contribution in [0.3, 0.4) is 0 Å². The maximum atomic E-state index is 13.3. The van der Waals surface area contributed by atoms with Gasteiger partial charge < -0.3 is 5.32 Å². The van der Waals surface area contributed by atoms with E-state index in [1.807, 2.05) is 13.8 Å². The van der Waals surface area contributed by atoms with Crippen LogP contribution in [0.1, 0.15) is 57.6 Å². The molecule has 3 aromatic rings. The largest absolute Gasteiger partial charge is 0.352 e. The summed E-state index contributed by atoms with van der Waals surface area (Å²) in [7, 11) is 0. The second-order valence-electron chi connectivity index (χ2n) is 8.20. The first kappa shape index (κ1) is 20.3. The summed E-state index contributed by atoms with van der Waals surface area (Å²) in [5, 5.41) is 12.5. The maximum Gasteiger partial charge on any atom is 0.293 e. The molecule has 0 bridgehead atoms. The van der Waals surface area contributed by atoms with Crippen LogP contribution in [0.25, 0.3) is 16.6 Å². The van der Waals surface area contributed by atoms with E-state index >= 15 is 0 Å². The molecule has 1 saturated carbocycles. The van der Waals surface area contributed by atoms with Crippen molar-refractivity contribution in [3.63, 3.8) is 0 Å². The average molecular weight is 411 g/mol. The lowest BCUT2D eigenvalue weighted by Crippen LogP contribution is -2.40. The third-order valence-corrected chi connectivity index (χ3v) is 5.59. The van der Waals surface area contributed by atoms with Gasteiger partial charge in [0.25, 0.3) is 5.56 Å². The highest BCUT2D eigenvalue weighted by molar-refractivity contribution is 5.82. The van der Waals surface area contributed by atoms with E-state index in [1.54, 1.807) is 18.3 Å². The van der Waals surface area contributed by atoms with Gasteiger partial charge >= 0.3 is 0 Å². The van der Waals surface area contributed by atoms with Gasteiger partial charge in [0.1, 0.15) is 17.9 Å². The Bertz CT molecular complexity index is 1110. The molecule has 0 aliphatic heterocycles. The lowest BCUT2D eigenvalue weighted by Gasteiger charge is -2.22. The van der Waals surface area contributed by atoms with Gasteiger partial charge in [-0.15, -0.1) is 0 Å². The number of nitrogens with zero attached hydrogens (tertiary/aromatic N) is 4. The SMILES string of the molecule is CC(C)c1nn(CC(=O)NC2CCCCC2)c(=O)c2c1cnn2-c1ccc(F)cc1. The summed E-state index contributed by atoms with van der Waals surface area (Å²) in [6.45, 7) is 3.82. The Morgan fingerprint density at radius 1 is 1.20 bits per heavy atom. The molecule has 0 spiro atoms. The van der Waals surface area contributed by atoms with E-state index in [9.17, 15) is 14.0 Å². The number of fused-ring (bicyclic) bond motifs is 1. The molecule has 1 fully saturated rings. The first-order chi connectivity index (χ1) is 14.4. The van der Waals surface area contributed by atoms with Crippen LogP contribution in [0.15, 0.2) is 35.3 Å². The fourth-order valence-corrected chi connectivity index (χ4v) is 4.06. The number of halogens is 1. The van der Waals surface area contributed by atoms with Crippen LogP contribution in [0.4, 0.5) is 4.39 Å². The van der Waals surface area contributed by atoms with Gasteiger partial charge in [-0.05, 0) is 43.0 Å². The third-order valence-electron chi connectivity index (χ3n) is 5.59. The molecule has 2 heterocycles. The van der Waals surface area contributed by atoms with E-state index in [0.717, 1.165) is 25.7 Å². The molecule has 0 radical (unpaired) electrons. The molecule has 158 valence electrons. The molecule has 0 unspecified atom stereocenters. The Hall–Kier alpha value is -3.03. The van der Waals surface area contributed by atoms with Gasteiger partial charge in [0.05, 0.1) is 17.6 Å². The second kappa shape index (κ2) is 8.38. The lowest BCUT2D eigenvalue weighted by molar-refractivity contribution is -0.122. The summed E-state index contributed by atoms with van der Waals surface area (Å²) < 4.78 is 16.0. The number of rotatable bonds is 5. The second-order valence-corrected chi connectivity index (χ2v) is 8.20. The quantitative estimate of drug-likeness (QED) is 0.699. The van der Waals surface area contributed by atoms with E-state index in [-0.39, 0.29) is 30.2 Å². The smallest absolute Gasteiger partial charge is 0.293 e. The van der Waals surface area contributed by atoms with Crippen LogP contribution in [0.2, 0.25) is 0 Å². The predicted molar refractivity (Wildman–Crippen MR) is 112 cm³/mol. The number of nitrogens with one attached hydrogen (secondary N) is 1. The first-order valence-electron chi connectivity index (χ1n) is 10.5. The van der Waals surface area contributed by atoms with E-state index in [4.69, 9.17) is 0 Å². The monoisotopic (exact) mass is 411 g/mol. The summed E-state index contributed by atoms with van der Waals surface area (Å²) in [6, 6.07) is 5.95. The Morgan fingerprint density at radius 2 is 1.90 bits per heavy atom. The summed E-state index contributed by atoms with van der Waals surface area (Å²) in [4.78, 5) is 25.8. The molecule has 0 atom stereocenters. The van der Waals surface area contributed by atoms with Crippen LogP contribution in [-0.2, 0) is 11.3 Å². The number of benzene rings is 1. The molecule has 4 rings (SSSR count). The minimum Gasteiger partial charge on any atom is -0.352 e. The molecule has 1 amide bonds. The van der Waals surface area contributed by atoms with Crippen molar-refractivity contribution in [1.29, 1.82) is 0 Å². The number of hydrogen-bond acceptors (Lipinski definition) is 4. The summed E-state index contributed by atoms with van der Waals surface area (Å²) in [5.74, 6) is -0.540. The predicted octanol–water partition coefficient (Wildman–Crippen LogP) is 3.29. The molecule has 1 aliphatic carbocycles. The van der Waals surface area contributed by atoms with Crippen molar-refractivity contribution in [2.24, 2.45) is 0 Å². The minimum absolute atomic E-state index is 0.0339. The Balaban J connectivity index is 1.73. The molecule has 1 aliphatic rings. The van der Waals surface area contributed by atoms with Gasteiger partial charge in [0, 0.05) is 11.4 Å². The molecule has 1 N–H and O–H groups in total. The van der Waals surface area contributed by atoms with Gasteiger partial charge in [-0.2, -0.15) is 10.2 Å². The topological polar surface area (TPSA) is 81.8 Å². The number of carbonyl (C=O) groups is 1. The van der Waals surface area contributed by atoms with E-state index in [0.29, 0.717) is 22.3 Å². The highest BCUT2D eigenvalue weighted by atomic mass is 19.1. The van der Waals surface area contributed by atoms with Crippen LogP contribution in [-0.4, -0.2) is 31.5 Å². The van der Waals surface area contributed by atoms with Crippen molar-refractivity contribution in [2.75, 3.05) is 0 Å². The van der Waals surface area contributed by atoms with Gasteiger partial charge in [-0.25, -0.2) is 13.8 Å². The van der Waals surface area contributed by atoms with Gasteiger partial charge in [-0.3, -0.25) is 9.59 Å². The van der Waals surface area contributed by atoms with Crippen molar-refractivity contribution in [1.82, 2.24) is 24.9 Å². The zero-order valence-electron chi connectivity index (χ0n) is 17.3. The molecular weight excluding hydrogens is 385 g/mol. The zero-order chi connectivity index (χ0) is 21.3. The number of carbonyl (C=O) groups excluding carboxylic acids is 1. The van der Waals surface area contributed by atoms with E-state index in [2.05, 4.69) is 15.5 Å².